The molecule has 0 spiro atoms. The average molecular weight is 333 g/mol. The molecule has 0 bridgehead atoms. The summed E-state index contributed by atoms with van der Waals surface area (Å²) in [5.41, 5.74) is 6.70. The van der Waals surface area contributed by atoms with Crippen LogP contribution in [-0.4, -0.2) is 32.3 Å². The van der Waals surface area contributed by atoms with E-state index in [9.17, 15) is 9.59 Å². The summed E-state index contributed by atoms with van der Waals surface area (Å²) < 4.78 is 1.85. The smallest absolute Gasteiger partial charge is 0.251 e. The zero-order valence-corrected chi connectivity index (χ0v) is 13.9. The van der Waals surface area contributed by atoms with Crippen molar-refractivity contribution < 1.29 is 9.59 Å². The summed E-state index contributed by atoms with van der Waals surface area (Å²) in [5, 5.41) is 11.6. The van der Waals surface area contributed by atoms with Crippen LogP contribution in [0.1, 0.15) is 28.7 Å². The van der Waals surface area contributed by atoms with Crippen molar-refractivity contribution in [3.8, 4) is 0 Å². The molecule has 0 saturated carbocycles. The van der Waals surface area contributed by atoms with E-state index >= 15 is 0 Å². The fourth-order valence-corrected chi connectivity index (χ4v) is 2.85. The van der Waals surface area contributed by atoms with E-state index in [1.807, 2.05) is 36.6 Å². The highest BCUT2D eigenvalue weighted by atomic mass is 32.2. The number of primary amides is 1. The molecule has 0 fully saturated rings. The van der Waals surface area contributed by atoms with Crippen LogP contribution in [0, 0.1) is 6.92 Å². The molecule has 1 heterocycles. The number of hydrogen-bond acceptors (Lipinski definition) is 5. The lowest BCUT2D eigenvalue weighted by molar-refractivity contribution is -0.115. The Balaban J connectivity index is 2.04. The molecule has 2 rings (SSSR count). The third-order valence-corrected chi connectivity index (χ3v) is 4.24. The Kier molecular flexibility index (Phi) is 5.75. The number of aromatic nitrogens is 3. The SMILES string of the molecule is CCn1c(CNC(=O)c2ccccc2C)nnc1SCC(N)=O. The van der Waals surface area contributed by atoms with Crippen molar-refractivity contribution in [1.29, 1.82) is 0 Å². The monoisotopic (exact) mass is 333 g/mol. The molecule has 0 aliphatic heterocycles. The van der Waals surface area contributed by atoms with E-state index in [4.69, 9.17) is 5.73 Å². The van der Waals surface area contributed by atoms with Crippen molar-refractivity contribution >= 4 is 23.6 Å². The maximum absolute atomic E-state index is 12.2. The summed E-state index contributed by atoms with van der Waals surface area (Å²) in [7, 11) is 0. The largest absolute Gasteiger partial charge is 0.369 e. The number of carbonyl (C=O) groups is 2. The Morgan fingerprint density at radius 2 is 2.04 bits per heavy atom. The van der Waals surface area contributed by atoms with Gasteiger partial charge in [0.15, 0.2) is 11.0 Å². The third-order valence-electron chi connectivity index (χ3n) is 3.25. The van der Waals surface area contributed by atoms with Crippen LogP contribution in [-0.2, 0) is 17.9 Å². The molecular formula is C15H19N5O2S. The second kappa shape index (κ2) is 7.77. The van der Waals surface area contributed by atoms with Crippen LogP contribution < -0.4 is 11.1 Å². The highest BCUT2D eigenvalue weighted by Crippen LogP contribution is 2.16. The van der Waals surface area contributed by atoms with Crippen LogP contribution in [0.5, 0.6) is 0 Å². The molecule has 2 aromatic rings. The molecule has 7 nitrogen and oxygen atoms in total. The van der Waals surface area contributed by atoms with E-state index < -0.39 is 5.91 Å². The van der Waals surface area contributed by atoms with Gasteiger partial charge in [-0.15, -0.1) is 10.2 Å². The number of nitrogens with zero attached hydrogens (tertiary/aromatic N) is 3. The van der Waals surface area contributed by atoms with E-state index in [-0.39, 0.29) is 18.2 Å². The summed E-state index contributed by atoms with van der Waals surface area (Å²) in [6, 6.07) is 7.39. The number of aryl methyl sites for hydroxylation is 1. The van der Waals surface area contributed by atoms with Gasteiger partial charge in [-0.25, -0.2) is 0 Å². The topological polar surface area (TPSA) is 103 Å². The van der Waals surface area contributed by atoms with E-state index in [0.717, 1.165) is 5.56 Å². The van der Waals surface area contributed by atoms with E-state index in [1.165, 1.54) is 11.8 Å². The predicted octanol–water partition coefficient (Wildman–Crippen LogP) is 1.11. The second-order valence-electron chi connectivity index (χ2n) is 4.90. The molecule has 0 saturated heterocycles. The van der Waals surface area contributed by atoms with Crippen LogP contribution in [0.2, 0.25) is 0 Å². The fourth-order valence-electron chi connectivity index (χ4n) is 2.09. The van der Waals surface area contributed by atoms with Crippen molar-refractivity contribution in [2.75, 3.05) is 5.75 Å². The zero-order valence-electron chi connectivity index (χ0n) is 13.1. The highest BCUT2D eigenvalue weighted by molar-refractivity contribution is 7.99. The minimum atomic E-state index is -0.407. The molecule has 23 heavy (non-hydrogen) atoms. The number of thioether (sulfide) groups is 1. The molecule has 2 amide bonds. The number of hydrogen-bond donors (Lipinski definition) is 2. The number of benzene rings is 1. The molecule has 1 aromatic carbocycles. The number of carbonyl (C=O) groups excluding carboxylic acids is 2. The molecule has 1 aromatic heterocycles. The van der Waals surface area contributed by atoms with Gasteiger partial charge in [-0.05, 0) is 25.5 Å². The van der Waals surface area contributed by atoms with Gasteiger partial charge in [-0.2, -0.15) is 0 Å². The molecule has 0 radical (unpaired) electrons. The lowest BCUT2D eigenvalue weighted by Crippen LogP contribution is -2.25. The minimum Gasteiger partial charge on any atom is -0.369 e. The Labute approximate surface area is 138 Å². The van der Waals surface area contributed by atoms with Crippen molar-refractivity contribution in [2.45, 2.75) is 32.1 Å². The van der Waals surface area contributed by atoms with Gasteiger partial charge in [0.25, 0.3) is 5.91 Å². The minimum absolute atomic E-state index is 0.147. The maximum Gasteiger partial charge on any atom is 0.251 e. The van der Waals surface area contributed by atoms with Crippen molar-refractivity contribution in [3.05, 3.63) is 41.2 Å². The number of rotatable bonds is 7. The first-order chi connectivity index (χ1) is 11.0. The van der Waals surface area contributed by atoms with Gasteiger partial charge in [-0.3, -0.25) is 9.59 Å². The van der Waals surface area contributed by atoms with Gasteiger partial charge in [-0.1, -0.05) is 30.0 Å². The maximum atomic E-state index is 12.2. The number of nitrogens with two attached hydrogens (primary N) is 1. The van der Waals surface area contributed by atoms with E-state index in [2.05, 4.69) is 15.5 Å². The number of amides is 2. The molecule has 8 heteroatoms. The van der Waals surface area contributed by atoms with Gasteiger partial charge in [0, 0.05) is 12.1 Å². The first-order valence-corrected chi connectivity index (χ1v) is 8.18. The van der Waals surface area contributed by atoms with Crippen molar-refractivity contribution in [3.63, 3.8) is 0 Å². The Bertz CT molecular complexity index is 714. The Morgan fingerprint density at radius 3 is 2.70 bits per heavy atom. The van der Waals surface area contributed by atoms with Crippen LogP contribution in [0.15, 0.2) is 29.4 Å². The normalized spacial score (nSPS) is 10.5. The standard InChI is InChI=1S/C15H19N5O2S/c1-3-20-13(18-19-15(20)23-9-12(16)21)8-17-14(22)11-7-5-4-6-10(11)2/h4-7H,3,8-9H2,1-2H3,(H2,16,21)(H,17,22). The third kappa shape index (κ3) is 4.32. The lowest BCUT2D eigenvalue weighted by atomic mass is 10.1. The van der Waals surface area contributed by atoms with Gasteiger partial charge in [0.05, 0.1) is 12.3 Å². The molecular weight excluding hydrogens is 314 g/mol. The van der Waals surface area contributed by atoms with Crippen molar-refractivity contribution in [2.24, 2.45) is 5.73 Å². The predicted molar refractivity (Wildman–Crippen MR) is 88.0 cm³/mol. The van der Waals surface area contributed by atoms with Crippen molar-refractivity contribution in [1.82, 2.24) is 20.1 Å². The van der Waals surface area contributed by atoms with Crippen LogP contribution in [0.25, 0.3) is 0 Å². The van der Waals surface area contributed by atoms with E-state index in [0.29, 0.717) is 23.1 Å². The lowest BCUT2D eigenvalue weighted by Gasteiger charge is -2.09. The van der Waals surface area contributed by atoms with Gasteiger partial charge in [0.1, 0.15) is 0 Å². The summed E-state index contributed by atoms with van der Waals surface area (Å²) in [4.78, 5) is 23.1. The molecule has 122 valence electrons. The second-order valence-corrected chi connectivity index (χ2v) is 5.84. The molecule has 0 aliphatic rings. The van der Waals surface area contributed by atoms with Gasteiger partial charge >= 0.3 is 0 Å². The summed E-state index contributed by atoms with van der Waals surface area (Å²) >= 11 is 1.24. The first-order valence-electron chi connectivity index (χ1n) is 7.20. The van der Waals surface area contributed by atoms with Crippen LogP contribution >= 0.6 is 11.8 Å². The Morgan fingerprint density at radius 1 is 1.30 bits per heavy atom. The van der Waals surface area contributed by atoms with Crippen LogP contribution in [0.3, 0.4) is 0 Å². The summed E-state index contributed by atoms with van der Waals surface area (Å²) in [6.45, 7) is 4.75. The van der Waals surface area contributed by atoms with Crippen LogP contribution in [0.4, 0.5) is 0 Å². The summed E-state index contributed by atoms with van der Waals surface area (Å²) in [6.07, 6.45) is 0. The quantitative estimate of drug-likeness (QED) is 0.739. The Hall–Kier alpha value is -2.35. The van der Waals surface area contributed by atoms with Gasteiger partial charge in [0.2, 0.25) is 5.91 Å². The number of nitrogens with one attached hydrogen (secondary N) is 1. The van der Waals surface area contributed by atoms with Gasteiger partial charge < -0.3 is 15.6 Å². The highest BCUT2D eigenvalue weighted by Gasteiger charge is 2.14. The molecule has 0 atom stereocenters. The first kappa shape index (κ1) is 17.0. The fraction of sp³-hybridized carbons (Fsp3) is 0.333. The molecule has 0 unspecified atom stereocenters. The molecule has 3 N–H and O–H groups in total. The average Bonchev–Trinajstić information content (AvgIpc) is 2.93. The zero-order chi connectivity index (χ0) is 16.8. The summed E-state index contributed by atoms with van der Waals surface area (Å²) in [5.74, 6) is 0.227. The van der Waals surface area contributed by atoms with E-state index in [1.54, 1.807) is 6.07 Å². The molecule has 0 aliphatic carbocycles.